The molecule has 5 heteroatoms. The van der Waals surface area contributed by atoms with E-state index in [1.54, 1.807) is 6.20 Å². The topological polar surface area (TPSA) is 69.4 Å². The molecule has 0 aliphatic heterocycles. The molecule has 5 aromatic rings. The van der Waals surface area contributed by atoms with Gasteiger partial charge in [0, 0.05) is 40.8 Å². The average Bonchev–Trinajstić information content (AvgIpc) is 3.31. The van der Waals surface area contributed by atoms with E-state index in [9.17, 15) is 0 Å². The van der Waals surface area contributed by atoms with E-state index >= 15 is 0 Å². The van der Waals surface area contributed by atoms with Gasteiger partial charge in [-0.25, -0.2) is 0 Å². The quantitative estimate of drug-likeness (QED) is 0.446. The minimum atomic E-state index is 0.857. The summed E-state index contributed by atoms with van der Waals surface area (Å²) in [4.78, 5) is 7.73. The molecule has 0 aliphatic carbocycles. The summed E-state index contributed by atoms with van der Waals surface area (Å²) in [7, 11) is 1.96. The Morgan fingerprint density at radius 1 is 0.963 bits per heavy atom. The Hall–Kier alpha value is -3.44. The van der Waals surface area contributed by atoms with E-state index in [0.717, 1.165) is 45.5 Å². The maximum atomic E-state index is 4.57. The minimum Gasteiger partial charge on any atom is -0.353 e. The standard InChI is InChI=1S/C22H19N5/c1-23-12-14-4-6-19-17(9-14)11-21(25-19)22-18-10-15(5-7-20(18)26-27-22)16-3-2-8-24-13-16/h2-11,13,23,25H,12H2,1H3,(H,26,27). The Kier molecular flexibility index (Phi) is 3.73. The highest BCUT2D eigenvalue weighted by Crippen LogP contribution is 2.31. The Bertz CT molecular complexity index is 1230. The summed E-state index contributed by atoms with van der Waals surface area (Å²) in [6.45, 7) is 0.857. The largest absolute Gasteiger partial charge is 0.353 e. The molecule has 0 saturated heterocycles. The molecule has 3 aromatic heterocycles. The molecule has 27 heavy (non-hydrogen) atoms. The first-order valence-electron chi connectivity index (χ1n) is 8.97. The SMILES string of the molecule is CNCc1ccc2[nH]c(-c3n[nH]c4ccc(-c5cccnc5)cc34)cc2c1. The molecule has 3 N–H and O–H groups in total. The zero-order valence-corrected chi connectivity index (χ0v) is 15.0. The summed E-state index contributed by atoms with van der Waals surface area (Å²) < 4.78 is 0. The normalized spacial score (nSPS) is 11.4. The molecule has 0 saturated carbocycles. The molecule has 0 bridgehead atoms. The number of rotatable bonds is 4. The number of aromatic nitrogens is 4. The van der Waals surface area contributed by atoms with Crippen molar-refractivity contribution in [2.75, 3.05) is 7.05 Å². The Morgan fingerprint density at radius 2 is 1.89 bits per heavy atom. The summed E-state index contributed by atoms with van der Waals surface area (Å²) >= 11 is 0. The van der Waals surface area contributed by atoms with Crippen molar-refractivity contribution in [1.82, 2.24) is 25.5 Å². The molecular weight excluding hydrogens is 334 g/mol. The van der Waals surface area contributed by atoms with E-state index in [0.29, 0.717) is 0 Å². The van der Waals surface area contributed by atoms with Crippen LogP contribution < -0.4 is 5.32 Å². The van der Waals surface area contributed by atoms with Crippen molar-refractivity contribution in [2.45, 2.75) is 6.54 Å². The third kappa shape index (κ3) is 2.78. The van der Waals surface area contributed by atoms with E-state index in [2.05, 4.69) is 74.0 Å². The fourth-order valence-electron chi connectivity index (χ4n) is 3.56. The molecule has 0 aliphatic rings. The van der Waals surface area contributed by atoms with Crippen molar-refractivity contribution in [3.05, 3.63) is 72.6 Å². The van der Waals surface area contributed by atoms with Gasteiger partial charge in [-0.15, -0.1) is 0 Å². The number of fused-ring (bicyclic) bond motifs is 2. The Balaban J connectivity index is 1.63. The van der Waals surface area contributed by atoms with Gasteiger partial charge in [-0.1, -0.05) is 18.2 Å². The summed E-state index contributed by atoms with van der Waals surface area (Å²) in [6.07, 6.45) is 3.67. The van der Waals surface area contributed by atoms with E-state index in [-0.39, 0.29) is 0 Å². The third-order valence-corrected chi connectivity index (χ3v) is 4.88. The first kappa shape index (κ1) is 15.8. The van der Waals surface area contributed by atoms with Crippen LogP contribution >= 0.6 is 0 Å². The van der Waals surface area contributed by atoms with Gasteiger partial charge in [0.25, 0.3) is 0 Å². The smallest absolute Gasteiger partial charge is 0.116 e. The lowest BCUT2D eigenvalue weighted by Crippen LogP contribution is -2.04. The fraction of sp³-hybridized carbons (Fsp3) is 0.0909. The van der Waals surface area contributed by atoms with Crippen LogP contribution in [-0.4, -0.2) is 27.2 Å². The number of nitrogens with zero attached hydrogens (tertiary/aromatic N) is 2. The predicted octanol–water partition coefficient (Wildman–Crippen LogP) is 4.49. The van der Waals surface area contributed by atoms with Crippen LogP contribution in [0.25, 0.3) is 44.3 Å². The van der Waals surface area contributed by atoms with Crippen molar-refractivity contribution < 1.29 is 0 Å². The molecule has 0 fully saturated rings. The van der Waals surface area contributed by atoms with Gasteiger partial charge in [0.1, 0.15) is 5.69 Å². The van der Waals surface area contributed by atoms with Crippen LogP contribution in [0.15, 0.2) is 67.0 Å². The molecule has 132 valence electrons. The molecule has 5 rings (SSSR count). The maximum absolute atomic E-state index is 4.57. The fourth-order valence-corrected chi connectivity index (χ4v) is 3.56. The summed E-state index contributed by atoms with van der Waals surface area (Å²) in [5.74, 6) is 0. The molecule has 0 unspecified atom stereocenters. The maximum Gasteiger partial charge on any atom is 0.116 e. The number of H-pyrrole nitrogens is 2. The summed E-state index contributed by atoms with van der Waals surface area (Å²) in [5.41, 5.74) is 7.58. The van der Waals surface area contributed by atoms with Crippen LogP contribution in [0.5, 0.6) is 0 Å². The number of nitrogens with one attached hydrogen (secondary N) is 3. The van der Waals surface area contributed by atoms with Gasteiger partial charge in [0.05, 0.1) is 11.2 Å². The molecule has 3 heterocycles. The Morgan fingerprint density at radius 3 is 2.74 bits per heavy atom. The van der Waals surface area contributed by atoms with Gasteiger partial charge in [-0.3, -0.25) is 10.1 Å². The molecular formula is C22H19N5. The first-order chi connectivity index (χ1) is 13.3. The number of hydrogen-bond donors (Lipinski definition) is 3. The number of pyridine rings is 1. The molecule has 0 radical (unpaired) electrons. The highest BCUT2D eigenvalue weighted by molar-refractivity contribution is 5.97. The van der Waals surface area contributed by atoms with E-state index in [1.165, 1.54) is 10.9 Å². The van der Waals surface area contributed by atoms with Gasteiger partial charge < -0.3 is 10.3 Å². The van der Waals surface area contributed by atoms with E-state index in [1.807, 2.05) is 19.3 Å². The highest BCUT2D eigenvalue weighted by atomic mass is 15.1. The third-order valence-electron chi connectivity index (χ3n) is 4.88. The molecule has 2 aromatic carbocycles. The second kappa shape index (κ2) is 6.37. The summed E-state index contributed by atoms with van der Waals surface area (Å²) in [6, 6.07) is 19.0. The Labute approximate surface area is 156 Å². The van der Waals surface area contributed by atoms with Crippen LogP contribution in [0.4, 0.5) is 0 Å². The van der Waals surface area contributed by atoms with Gasteiger partial charge in [0.15, 0.2) is 0 Å². The second-order valence-corrected chi connectivity index (χ2v) is 6.71. The van der Waals surface area contributed by atoms with Gasteiger partial charge in [-0.05, 0) is 54.6 Å². The summed E-state index contributed by atoms with van der Waals surface area (Å²) in [5, 5.41) is 13.2. The lowest BCUT2D eigenvalue weighted by Gasteiger charge is -2.01. The van der Waals surface area contributed by atoms with Crippen LogP contribution in [0, 0.1) is 0 Å². The van der Waals surface area contributed by atoms with Gasteiger partial charge in [-0.2, -0.15) is 5.10 Å². The number of benzene rings is 2. The number of hydrogen-bond acceptors (Lipinski definition) is 3. The zero-order chi connectivity index (χ0) is 18.2. The predicted molar refractivity (Wildman–Crippen MR) is 109 cm³/mol. The minimum absolute atomic E-state index is 0.857. The van der Waals surface area contributed by atoms with E-state index < -0.39 is 0 Å². The van der Waals surface area contributed by atoms with Crippen molar-refractivity contribution in [2.24, 2.45) is 0 Å². The zero-order valence-electron chi connectivity index (χ0n) is 15.0. The first-order valence-corrected chi connectivity index (χ1v) is 8.97. The lowest BCUT2D eigenvalue weighted by molar-refractivity contribution is 0.819. The van der Waals surface area contributed by atoms with Crippen molar-refractivity contribution in [3.8, 4) is 22.5 Å². The van der Waals surface area contributed by atoms with Crippen molar-refractivity contribution in [1.29, 1.82) is 0 Å². The number of aromatic amines is 2. The molecule has 0 atom stereocenters. The lowest BCUT2D eigenvalue weighted by atomic mass is 10.0. The van der Waals surface area contributed by atoms with Crippen LogP contribution in [0.1, 0.15) is 5.56 Å². The monoisotopic (exact) mass is 353 g/mol. The molecule has 5 nitrogen and oxygen atoms in total. The van der Waals surface area contributed by atoms with Crippen LogP contribution in [-0.2, 0) is 6.54 Å². The van der Waals surface area contributed by atoms with Crippen molar-refractivity contribution >= 4 is 21.8 Å². The van der Waals surface area contributed by atoms with Gasteiger partial charge >= 0.3 is 0 Å². The van der Waals surface area contributed by atoms with Crippen LogP contribution in [0.2, 0.25) is 0 Å². The van der Waals surface area contributed by atoms with Gasteiger partial charge in [0.2, 0.25) is 0 Å². The molecule has 0 amide bonds. The average molecular weight is 353 g/mol. The molecule has 0 spiro atoms. The van der Waals surface area contributed by atoms with E-state index in [4.69, 9.17) is 0 Å². The van der Waals surface area contributed by atoms with Crippen LogP contribution in [0.3, 0.4) is 0 Å². The second-order valence-electron chi connectivity index (χ2n) is 6.71. The highest BCUT2D eigenvalue weighted by Gasteiger charge is 2.12. The van der Waals surface area contributed by atoms with Crippen molar-refractivity contribution in [3.63, 3.8) is 0 Å².